The number of methoxy groups -OCH3 is 1. The fraction of sp³-hybridized carbons (Fsp3) is 0.765. The molecule has 0 spiro atoms. The number of ketones is 1. The van der Waals surface area contributed by atoms with Crippen LogP contribution in [0.3, 0.4) is 0 Å². The molecule has 2 aliphatic rings. The molecule has 2 saturated heterocycles. The summed E-state index contributed by atoms with van der Waals surface area (Å²) in [6.45, 7) is 2.50. The van der Waals surface area contributed by atoms with Gasteiger partial charge in [0.2, 0.25) is 5.91 Å². The van der Waals surface area contributed by atoms with Crippen LogP contribution in [0.2, 0.25) is 0 Å². The molecule has 2 fully saturated rings. The number of esters is 1. The number of carbonyl (C=O) groups excluding carboxylic acids is 3. The predicted molar refractivity (Wildman–Crippen MR) is 91.4 cm³/mol. The molecule has 0 radical (unpaired) electrons. The summed E-state index contributed by atoms with van der Waals surface area (Å²) in [6.07, 6.45) is 2.43. The molecule has 0 unspecified atom stereocenters. The number of carboxylic acids is 1. The van der Waals surface area contributed by atoms with Crippen molar-refractivity contribution in [2.24, 2.45) is 0 Å². The van der Waals surface area contributed by atoms with Crippen LogP contribution in [-0.2, 0) is 23.9 Å². The Morgan fingerprint density at radius 3 is 2.62 bits per heavy atom. The molecular weight excluding hydrogens is 342 g/mol. The number of likely N-dealkylation sites (tertiary alicyclic amines) is 1. The smallest absolute Gasteiger partial charge is 0.332 e. The fourth-order valence-corrected chi connectivity index (χ4v) is 3.76. The van der Waals surface area contributed by atoms with Gasteiger partial charge in [0.05, 0.1) is 25.7 Å². The number of ether oxygens (including phenoxy) is 1. The minimum atomic E-state index is -1.81. The number of hydrogen-bond donors (Lipinski definition) is 3. The quantitative estimate of drug-likeness (QED) is 0.379. The third kappa shape index (κ3) is 3.88. The summed E-state index contributed by atoms with van der Waals surface area (Å²) < 4.78 is 4.62. The number of rotatable bonds is 8. The van der Waals surface area contributed by atoms with Crippen LogP contribution in [0, 0.1) is 0 Å². The van der Waals surface area contributed by atoms with Gasteiger partial charge in [0.15, 0.2) is 11.3 Å². The predicted octanol–water partition coefficient (Wildman–Crippen LogP) is -0.705. The number of carbonyl (C=O) groups is 4. The van der Waals surface area contributed by atoms with Gasteiger partial charge in [-0.2, -0.15) is 0 Å². The first-order valence-electron chi connectivity index (χ1n) is 9.00. The van der Waals surface area contributed by atoms with Crippen molar-refractivity contribution in [2.45, 2.75) is 56.7 Å². The molecule has 26 heavy (non-hydrogen) atoms. The Hall–Kier alpha value is -2.00. The first-order valence-corrected chi connectivity index (χ1v) is 9.00. The zero-order valence-corrected chi connectivity index (χ0v) is 15.2. The first-order chi connectivity index (χ1) is 12.4. The Labute approximate surface area is 152 Å². The normalized spacial score (nSPS) is 27.1. The molecule has 3 N–H and O–H groups in total. The summed E-state index contributed by atoms with van der Waals surface area (Å²) >= 11 is 0. The van der Waals surface area contributed by atoms with E-state index in [1.54, 1.807) is 6.92 Å². The van der Waals surface area contributed by atoms with Crippen LogP contribution in [0.4, 0.5) is 0 Å². The zero-order valence-electron chi connectivity index (χ0n) is 15.2. The Morgan fingerprint density at radius 1 is 1.35 bits per heavy atom. The maximum Gasteiger partial charge on any atom is 0.332 e. The van der Waals surface area contributed by atoms with Crippen molar-refractivity contribution >= 4 is 23.6 Å². The number of amides is 1. The summed E-state index contributed by atoms with van der Waals surface area (Å²) in [5.74, 6) is -2.77. The highest BCUT2D eigenvalue weighted by Gasteiger charge is 2.56. The number of Topliss-reactive ketones (excluding diaryl/α,β-unsaturated/α-hetero) is 1. The van der Waals surface area contributed by atoms with Crippen molar-refractivity contribution in [3.63, 3.8) is 0 Å². The molecule has 2 rings (SSSR count). The van der Waals surface area contributed by atoms with E-state index in [1.807, 2.05) is 0 Å². The van der Waals surface area contributed by atoms with Crippen molar-refractivity contribution in [3.05, 3.63) is 0 Å². The summed E-state index contributed by atoms with van der Waals surface area (Å²) in [7, 11) is 1.21. The van der Waals surface area contributed by atoms with Crippen LogP contribution in [-0.4, -0.2) is 78.0 Å². The summed E-state index contributed by atoms with van der Waals surface area (Å²) in [5, 5.41) is 15.6. The third-order valence-electron chi connectivity index (χ3n) is 5.23. The van der Waals surface area contributed by atoms with Crippen molar-refractivity contribution < 1.29 is 29.0 Å². The Morgan fingerprint density at radius 2 is 2.08 bits per heavy atom. The van der Waals surface area contributed by atoms with Crippen molar-refractivity contribution in [3.8, 4) is 0 Å². The van der Waals surface area contributed by atoms with E-state index in [0.29, 0.717) is 19.4 Å². The first kappa shape index (κ1) is 20.3. The van der Waals surface area contributed by atoms with E-state index in [0.717, 1.165) is 13.0 Å². The summed E-state index contributed by atoms with van der Waals surface area (Å²) in [4.78, 5) is 50.6. The lowest BCUT2D eigenvalue weighted by Crippen LogP contribution is -2.63. The molecule has 0 aromatic rings. The molecule has 1 amide bonds. The van der Waals surface area contributed by atoms with Gasteiger partial charge in [-0.05, 0) is 38.6 Å². The molecule has 9 nitrogen and oxygen atoms in total. The van der Waals surface area contributed by atoms with Gasteiger partial charge in [0, 0.05) is 6.54 Å². The van der Waals surface area contributed by atoms with Gasteiger partial charge in [-0.1, -0.05) is 6.92 Å². The molecular formula is C17H27N3O6. The Balaban J connectivity index is 2.20. The van der Waals surface area contributed by atoms with Gasteiger partial charge >= 0.3 is 11.9 Å². The molecule has 0 aromatic carbocycles. The van der Waals surface area contributed by atoms with E-state index in [-0.39, 0.29) is 31.3 Å². The molecule has 0 saturated carbocycles. The molecule has 0 aliphatic carbocycles. The van der Waals surface area contributed by atoms with Crippen molar-refractivity contribution in [2.75, 3.05) is 26.7 Å². The average molecular weight is 369 g/mol. The minimum Gasteiger partial charge on any atom is -0.480 e. The molecule has 3 atom stereocenters. The second-order valence-corrected chi connectivity index (χ2v) is 6.75. The third-order valence-corrected chi connectivity index (χ3v) is 5.23. The van der Waals surface area contributed by atoms with Crippen LogP contribution in [0.5, 0.6) is 0 Å². The Kier molecular flexibility index (Phi) is 6.71. The lowest BCUT2D eigenvalue weighted by atomic mass is 9.85. The van der Waals surface area contributed by atoms with Gasteiger partial charge in [-0.25, -0.2) is 4.79 Å². The molecule has 2 heterocycles. The SMILES string of the molecule is CC[C@H](NC(=O)[C@@H]1CCCN1)C(=O)[C@@]1(C(=O)O)CCCN1CC(=O)OC. The maximum absolute atomic E-state index is 13.2. The number of aliphatic carboxylic acids is 1. The fourth-order valence-electron chi connectivity index (χ4n) is 3.76. The lowest BCUT2D eigenvalue weighted by molar-refractivity contribution is -0.159. The molecule has 2 aliphatic heterocycles. The van der Waals surface area contributed by atoms with E-state index in [1.165, 1.54) is 12.0 Å². The van der Waals surface area contributed by atoms with Crippen LogP contribution in [0.25, 0.3) is 0 Å². The van der Waals surface area contributed by atoms with E-state index < -0.39 is 29.3 Å². The van der Waals surface area contributed by atoms with Crippen LogP contribution >= 0.6 is 0 Å². The highest BCUT2D eigenvalue weighted by atomic mass is 16.5. The van der Waals surface area contributed by atoms with Gasteiger partial charge in [-0.3, -0.25) is 19.3 Å². The largest absolute Gasteiger partial charge is 0.480 e. The number of nitrogens with one attached hydrogen (secondary N) is 2. The maximum atomic E-state index is 13.2. The van der Waals surface area contributed by atoms with Gasteiger partial charge in [-0.15, -0.1) is 0 Å². The lowest BCUT2D eigenvalue weighted by Gasteiger charge is -2.35. The van der Waals surface area contributed by atoms with E-state index in [9.17, 15) is 24.3 Å². The van der Waals surface area contributed by atoms with Crippen molar-refractivity contribution in [1.82, 2.24) is 15.5 Å². The summed E-state index contributed by atoms with van der Waals surface area (Å²) in [5.41, 5.74) is -1.81. The molecule has 0 bridgehead atoms. The highest BCUT2D eigenvalue weighted by Crippen LogP contribution is 2.32. The topological polar surface area (TPSA) is 125 Å². The number of carboxylic acid groups (broad SMARTS) is 1. The highest BCUT2D eigenvalue weighted by molar-refractivity contribution is 6.11. The Bertz CT molecular complexity index is 575. The number of nitrogens with zero attached hydrogens (tertiary/aromatic N) is 1. The van der Waals surface area contributed by atoms with Crippen LogP contribution in [0.15, 0.2) is 0 Å². The van der Waals surface area contributed by atoms with Crippen LogP contribution in [0.1, 0.15) is 39.0 Å². The average Bonchev–Trinajstić information content (AvgIpc) is 3.29. The van der Waals surface area contributed by atoms with E-state index >= 15 is 0 Å². The molecule has 9 heteroatoms. The monoisotopic (exact) mass is 369 g/mol. The second-order valence-electron chi connectivity index (χ2n) is 6.75. The summed E-state index contributed by atoms with van der Waals surface area (Å²) in [6, 6.07) is -1.27. The van der Waals surface area contributed by atoms with Gasteiger partial charge < -0.3 is 20.5 Å². The van der Waals surface area contributed by atoms with Crippen molar-refractivity contribution in [1.29, 1.82) is 0 Å². The van der Waals surface area contributed by atoms with Gasteiger partial charge in [0.25, 0.3) is 0 Å². The van der Waals surface area contributed by atoms with Crippen LogP contribution < -0.4 is 10.6 Å². The van der Waals surface area contributed by atoms with E-state index in [2.05, 4.69) is 15.4 Å². The molecule has 146 valence electrons. The number of hydrogen-bond acceptors (Lipinski definition) is 7. The minimum absolute atomic E-state index is 0.103. The van der Waals surface area contributed by atoms with E-state index in [4.69, 9.17) is 0 Å². The standard InChI is InChI=1S/C17H27N3O6/c1-3-11(19-15(23)12-6-4-8-18-12)14(22)17(16(24)25)7-5-9-20(17)10-13(21)26-2/h11-12,18H,3-10H2,1-2H3,(H,19,23)(H,24,25)/t11-,12-,17+/m0/s1. The zero-order chi connectivity index (χ0) is 19.3. The second kappa shape index (κ2) is 8.59. The molecule has 0 aromatic heterocycles. The van der Waals surface area contributed by atoms with Gasteiger partial charge in [0.1, 0.15) is 0 Å².